The van der Waals surface area contributed by atoms with Gasteiger partial charge in [-0.05, 0) is 0 Å². The van der Waals surface area contributed by atoms with Crippen LogP contribution >= 0.6 is 11.3 Å². The average molecular weight is 299 g/mol. The second kappa shape index (κ2) is 5.49. The highest BCUT2D eigenvalue weighted by Crippen LogP contribution is 2.27. The summed E-state index contributed by atoms with van der Waals surface area (Å²) in [6.07, 6.45) is 1.41. The van der Waals surface area contributed by atoms with Crippen molar-refractivity contribution in [2.45, 2.75) is 6.54 Å². The molecule has 2 heterocycles. The van der Waals surface area contributed by atoms with Crippen LogP contribution in [0.15, 0.2) is 41.4 Å². The molecule has 1 N–H and O–H groups in total. The number of rotatable bonds is 4. The third-order valence-corrected chi connectivity index (χ3v) is 3.88. The number of carboxylic acids is 1. The Hall–Kier alpha value is -2.47. The van der Waals surface area contributed by atoms with E-state index in [1.165, 1.54) is 6.20 Å². The minimum absolute atomic E-state index is 0.219. The molecule has 0 amide bonds. The fourth-order valence-corrected chi connectivity index (χ4v) is 2.84. The lowest BCUT2D eigenvalue weighted by Gasteiger charge is -2.19. The highest BCUT2D eigenvalue weighted by atomic mass is 32.1. The van der Waals surface area contributed by atoms with Crippen LogP contribution in [0.3, 0.4) is 0 Å². The molecule has 3 rings (SSSR count). The zero-order valence-corrected chi connectivity index (χ0v) is 12.2. The van der Waals surface area contributed by atoms with Gasteiger partial charge in [-0.3, -0.25) is 0 Å². The number of anilines is 1. The highest BCUT2D eigenvalue weighted by molar-refractivity contribution is 7.07. The van der Waals surface area contributed by atoms with E-state index in [-0.39, 0.29) is 5.56 Å². The molecule has 0 aliphatic carbocycles. The molecule has 0 aliphatic heterocycles. The summed E-state index contributed by atoms with van der Waals surface area (Å²) in [5.74, 6) is -0.212. The number of nitrogens with zero attached hydrogens (tertiary/aromatic N) is 3. The molecule has 0 atom stereocenters. The summed E-state index contributed by atoms with van der Waals surface area (Å²) in [4.78, 5) is 21.9. The Bertz CT molecular complexity index is 787. The van der Waals surface area contributed by atoms with Crippen molar-refractivity contribution in [2.75, 3.05) is 11.9 Å². The number of aromatic carboxylic acids is 1. The second-order valence-corrected chi connectivity index (χ2v) is 5.40. The Morgan fingerprint density at radius 3 is 2.71 bits per heavy atom. The molecule has 21 heavy (non-hydrogen) atoms. The SMILES string of the molecule is CN(Cc1cscn1)c1ncc(C(=O)O)c2ccccc12. The molecule has 5 nitrogen and oxygen atoms in total. The van der Waals surface area contributed by atoms with Gasteiger partial charge in [-0.2, -0.15) is 0 Å². The summed E-state index contributed by atoms with van der Waals surface area (Å²) in [5, 5.41) is 12.8. The summed E-state index contributed by atoms with van der Waals surface area (Å²) < 4.78 is 0. The Kier molecular flexibility index (Phi) is 3.53. The molecule has 0 radical (unpaired) electrons. The van der Waals surface area contributed by atoms with Crippen LogP contribution in [0.25, 0.3) is 10.8 Å². The number of hydrogen-bond acceptors (Lipinski definition) is 5. The number of carboxylic acid groups (broad SMARTS) is 1. The van der Waals surface area contributed by atoms with E-state index >= 15 is 0 Å². The molecule has 2 aromatic heterocycles. The van der Waals surface area contributed by atoms with E-state index in [4.69, 9.17) is 0 Å². The van der Waals surface area contributed by atoms with Crippen LogP contribution in [-0.4, -0.2) is 28.1 Å². The maximum Gasteiger partial charge on any atom is 0.337 e. The Morgan fingerprint density at radius 2 is 2.05 bits per heavy atom. The third-order valence-electron chi connectivity index (χ3n) is 3.25. The number of pyridine rings is 1. The van der Waals surface area contributed by atoms with Gasteiger partial charge in [0.15, 0.2) is 0 Å². The maximum absolute atomic E-state index is 11.3. The minimum atomic E-state index is -0.965. The van der Waals surface area contributed by atoms with Crippen molar-refractivity contribution in [1.82, 2.24) is 9.97 Å². The van der Waals surface area contributed by atoms with Crippen LogP contribution in [0.2, 0.25) is 0 Å². The monoisotopic (exact) mass is 299 g/mol. The van der Waals surface area contributed by atoms with Gasteiger partial charge in [-0.25, -0.2) is 14.8 Å². The summed E-state index contributed by atoms with van der Waals surface area (Å²) in [7, 11) is 1.93. The van der Waals surface area contributed by atoms with Crippen LogP contribution in [0, 0.1) is 0 Å². The molecule has 1 aromatic carbocycles. The molecule has 0 saturated heterocycles. The Morgan fingerprint density at radius 1 is 1.29 bits per heavy atom. The van der Waals surface area contributed by atoms with Crippen molar-refractivity contribution < 1.29 is 9.90 Å². The first-order chi connectivity index (χ1) is 10.2. The number of hydrogen-bond donors (Lipinski definition) is 1. The number of carbonyl (C=O) groups is 1. The van der Waals surface area contributed by atoms with Crippen LogP contribution in [0.1, 0.15) is 16.1 Å². The predicted molar refractivity (Wildman–Crippen MR) is 82.9 cm³/mol. The van der Waals surface area contributed by atoms with Gasteiger partial charge >= 0.3 is 5.97 Å². The van der Waals surface area contributed by atoms with E-state index in [2.05, 4.69) is 9.97 Å². The van der Waals surface area contributed by atoms with E-state index in [9.17, 15) is 9.90 Å². The molecule has 0 aliphatic rings. The van der Waals surface area contributed by atoms with Crippen molar-refractivity contribution in [3.8, 4) is 0 Å². The van der Waals surface area contributed by atoms with Crippen LogP contribution in [0.4, 0.5) is 5.82 Å². The van der Waals surface area contributed by atoms with Gasteiger partial charge in [0.05, 0.1) is 23.3 Å². The second-order valence-electron chi connectivity index (χ2n) is 4.68. The van der Waals surface area contributed by atoms with Crippen molar-refractivity contribution in [1.29, 1.82) is 0 Å². The fraction of sp³-hybridized carbons (Fsp3) is 0.133. The van der Waals surface area contributed by atoms with E-state index in [0.29, 0.717) is 11.9 Å². The van der Waals surface area contributed by atoms with Crippen molar-refractivity contribution in [2.24, 2.45) is 0 Å². The highest BCUT2D eigenvalue weighted by Gasteiger charge is 2.15. The predicted octanol–water partition coefficient (Wildman–Crippen LogP) is 3.03. The van der Waals surface area contributed by atoms with E-state index in [1.807, 2.05) is 35.5 Å². The van der Waals surface area contributed by atoms with Crippen molar-refractivity contribution in [3.05, 3.63) is 52.6 Å². The summed E-state index contributed by atoms with van der Waals surface area (Å²) >= 11 is 1.55. The molecular formula is C15H13N3O2S. The topological polar surface area (TPSA) is 66.3 Å². The maximum atomic E-state index is 11.3. The van der Waals surface area contributed by atoms with Crippen LogP contribution in [0.5, 0.6) is 0 Å². The zero-order chi connectivity index (χ0) is 14.8. The molecule has 0 fully saturated rings. The van der Waals surface area contributed by atoms with Crippen molar-refractivity contribution >= 4 is 33.9 Å². The first-order valence-electron chi connectivity index (χ1n) is 6.36. The quantitative estimate of drug-likeness (QED) is 0.802. The summed E-state index contributed by atoms with van der Waals surface area (Å²) in [5.41, 5.74) is 2.98. The van der Waals surface area contributed by atoms with Gasteiger partial charge in [0, 0.05) is 29.4 Å². The van der Waals surface area contributed by atoms with Gasteiger partial charge in [-0.1, -0.05) is 24.3 Å². The van der Waals surface area contributed by atoms with E-state index in [0.717, 1.165) is 16.9 Å². The van der Waals surface area contributed by atoms with E-state index < -0.39 is 5.97 Å². The first-order valence-corrected chi connectivity index (χ1v) is 7.30. The molecule has 6 heteroatoms. The van der Waals surface area contributed by atoms with Gasteiger partial charge in [0.2, 0.25) is 0 Å². The summed E-state index contributed by atoms with van der Waals surface area (Å²) in [6.45, 7) is 0.632. The van der Waals surface area contributed by atoms with Gasteiger partial charge < -0.3 is 10.0 Å². The normalized spacial score (nSPS) is 10.7. The standard InChI is InChI=1S/C15H13N3O2S/c1-18(7-10-8-21-9-17-10)14-12-5-3-2-4-11(12)13(6-16-14)15(19)20/h2-6,8-9H,7H2,1H3,(H,19,20). The number of aromatic nitrogens is 2. The minimum Gasteiger partial charge on any atom is -0.478 e. The number of benzene rings is 1. The fourth-order valence-electron chi connectivity index (χ4n) is 2.29. The first kappa shape index (κ1) is 13.5. The largest absolute Gasteiger partial charge is 0.478 e. The van der Waals surface area contributed by atoms with Gasteiger partial charge in [0.25, 0.3) is 0 Å². The van der Waals surface area contributed by atoms with Crippen LogP contribution < -0.4 is 4.90 Å². The molecule has 0 unspecified atom stereocenters. The molecule has 106 valence electrons. The summed E-state index contributed by atoms with van der Waals surface area (Å²) in [6, 6.07) is 7.41. The Labute approximate surface area is 125 Å². The van der Waals surface area contributed by atoms with Gasteiger partial charge in [-0.15, -0.1) is 11.3 Å². The molecule has 3 aromatic rings. The lowest BCUT2D eigenvalue weighted by atomic mass is 10.1. The number of thiazole rings is 1. The molecular weight excluding hydrogens is 286 g/mol. The smallest absolute Gasteiger partial charge is 0.337 e. The van der Waals surface area contributed by atoms with Crippen LogP contribution in [-0.2, 0) is 6.54 Å². The molecule has 0 bridgehead atoms. The lowest BCUT2D eigenvalue weighted by Crippen LogP contribution is -2.18. The Balaban J connectivity index is 2.07. The lowest BCUT2D eigenvalue weighted by molar-refractivity contribution is 0.0698. The number of fused-ring (bicyclic) bond motifs is 1. The zero-order valence-electron chi connectivity index (χ0n) is 11.4. The molecule has 0 saturated carbocycles. The van der Waals surface area contributed by atoms with Gasteiger partial charge in [0.1, 0.15) is 5.82 Å². The average Bonchev–Trinajstić information content (AvgIpc) is 2.98. The van der Waals surface area contributed by atoms with Crippen molar-refractivity contribution in [3.63, 3.8) is 0 Å². The van der Waals surface area contributed by atoms with E-state index in [1.54, 1.807) is 22.9 Å². The molecule has 0 spiro atoms. The third kappa shape index (κ3) is 2.57.